The first-order chi connectivity index (χ1) is 17.2. The summed E-state index contributed by atoms with van der Waals surface area (Å²) in [5.41, 5.74) is 3.27. The first kappa shape index (κ1) is 24.4. The van der Waals surface area contributed by atoms with Crippen molar-refractivity contribution in [2.45, 2.75) is 65.0 Å². The number of aromatic nitrogens is 6. The summed E-state index contributed by atoms with van der Waals surface area (Å²) in [6.45, 7) is 7.11. The summed E-state index contributed by atoms with van der Waals surface area (Å²) in [6, 6.07) is 9.58. The van der Waals surface area contributed by atoms with Crippen molar-refractivity contribution < 1.29 is 13.2 Å². The summed E-state index contributed by atoms with van der Waals surface area (Å²) in [4.78, 5) is 3.84. The fourth-order valence-corrected chi connectivity index (χ4v) is 4.89. The average Bonchev–Trinajstić information content (AvgIpc) is 3.55. The summed E-state index contributed by atoms with van der Waals surface area (Å²) < 4.78 is 44.8. The Morgan fingerprint density at radius 1 is 1.19 bits per heavy atom. The van der Waals surface area contributed by atoms with Crippen molar-refractivity contribution in [2.24, 2.45) is 0 Å². The molecule has 1 aliphatic heterocycles. The van der Waals surface area contributed by atoms with Gasteiger partial charge in [0.05, 0.1) is 23.0 Å². The van der Waals surface area contributed by atoms with Gasteiger partial charge in [-0.3, -0.25) is 9.36 Å². The molecule has 7 nitrogen and oxygen atoms in total. The minimum Gasteiger partial charge on any atom is -0.377 e. The minimum absolute atomic E-state index is 0.0366. The largest absolute Gasteiger partial charge is 0.434 e. The van der Waals surface area contributed by atoms with Gasteiger partial charge in [0.1, 0.15) is 17.2 Å². The van der Waals surface area contributed by atoms with Gasteiger partial charge in [0.25, 0.3) is 0 Å². The highest BCUT2D eigenvalue weighted by molar-refractivity contribution is 6.32. The molecule has 1 aliphatic rings. The minimum atomic E-state index is -4.48. The Kier molecular flexibility index (Phi) is 6.32. The van der Waals surface area contributed by atoms with Crippen molar-refractivity contribution in [3.8, 4) is 22.8 Å². The van der Waals surface area contributed by atoms with Crippen molar-refractivity contribution in [1.29, 1.82) is 0 Å². The zero-order valence-electron chi connectivity index (χ0n) is 20.2. The molecule has 0 saturated heterocycles. The Labute approximate surface area is 211 Å². The molecule has 1 atom stereocenters. The summed E-state index contributed by atoms with van der Waals surface area (Å²) >= 11 is 6.45. The van der Waals surface area contributed by atoms with E-state index in [1.807, 2.05) is 35.3 Å². The highest BCUT2D eigenvalue weighted by atomic mass is 35.5. The van der Waals surface area contributed by atoms with E-state index in [-0.39, 0.29) is 12.1 Å². The van der Waals surface area contributed by atoms with Gasteiger partial charge >= 0.3 is 6.18 Å². The SMILES string of the molecule is CCn1cc(C(F)(F)F)nc1-c1ccc(N[C@@H]2CCCn3nc(-c4c(Cl)cnn4C(C)C)cc32)cc1. The maximum Gasteiger partial charge on any atom is 0.434 e. The molecular formula is C25H27ClF3N7. The fraction of sp³-hybridized carbons (Fsp3) is 0.400. The zero-order valence-corrected chi connectivity index (χ0v) is 21.0. The van der Waals surface area contributed by atoms with Gasteiger partial charge in [0.15, 0.2) is 5.69 Å². The normalized spacial score (nSPS) is 15.9. The predicted molar refractivity (Wildman–Crippen MR) is 133 cm³/mol. The van der Waals surface area contributed by atoms with Crippen LogP contribution < -0.4 is 5.32 Å². The molecule has 36 heavy (non-hydrogen) atoms. The predicted octanol–water partition coefficient (Wildman–Crippen LogP) is 6.83. The zero-order chi connectivity index (χ0) is 25.6. The Morgan fingerprint density at radius 2 is 1.94 bits per heavy atom. The van der Waals surface area contributed by atoms with E-state index in [1.165, 1.54) is 4.57 Å². The number of halogens is 4. The number of rotatable bonds is 6. The highest BCUT2D eigenvalue weighted by Crippen LogP contribution is 2.36. The van der Waals surface area contributed by atoms with Gasteiger partial charge in [-0.15, -0.1) is 0 Å². The lowest BCUT2D eigenvalue weighted by atomic mass is 10.0. The summed E-state index contributed by atoms with van der Waals surface area (Å²) in [5.74, 6) is 0.301. The number of benzene rings is 1. The van der Waals surface area contributed by atoms with Crippen LogP contribution in [0, 0.1) is 0 Å². The van der Waals surface area contributed by atoms with Gasteiger partial charge in [-0.25, -0.2) is 4.98 Å². The number of hydrogen-bond donors (Lipinski definition) is 1. The molecule has 1 aromatic carbocycles. The van der Waals surface area contributed by atoms with Crippen LogP contribution in [0.25, 0.3) is 22.8 Å². The third-order valence-corrected chi connectivity index (χ3v) is 6.68. The van der Waals surface area contributed by atoms with Crippen molar-refractivity contribution in [1.82, 2.24) is 29.1 Å². The fourth-order valence-electron chi connectivity index (χ4n) is 4.66. The second-order valence-corrected chi connectivity index (χ2v) is 9.61. The smallest absolute Gasteiger partial charge is 0.377 e. The van der Waals surface area contributed by atoms with Crippen LogP contribution in [0.1, 0.15) is 57.1 Å². The number of anilines is 1. The lowest BCUT2D eigenvalue weighted by molar-refractivity contribution is -0.140. The molecule has 0 saturated carbocycles. The molecular weight excluding hydrogens is 491 g/mol. The quantitative estimate of drug-likeness (QED) is 0.304. The van der Waals surface area contributed by atoms with Crippen LogP contribution in [0.2, 0.25) is 5.02 Å². The standard InChI is InChI=1S/C25H27ClF3N7/c1-4-34-14-22(25(27,28)29)32-24(34)16-7-9-17(10-8-16)31-19-6-5-11-35-21(19)12-20(33-35)23-18(26)13-30-36(23)15(2)3/h7-10,12-15,19,31H,4-6,11H2,1-3H3/t19-/m1/s1. The lowest BCUT2D eigenvalue weighted by Gasteiger charge is -2.25. The first-order valence-corrected chi connectivity index (χ1v) is 12.4. The van der Waals surface area contributed by atoms with Crippen LogP contribution in [0.15, 0.2) is 42.7 Å². The number of imidazole rings is 1. The molecule has 0 spiro atoms. The van der Waals surface area contributed by atoms with E-state index in [0.29, 0.717) is 23.0 Å². The summed E-state index contributed by atoms with van der Waals surface area (Å²) in [7, 11) is 0. The molecule has 190 valence electrons. The molecule has 5 rings (SSSR count). The average molecular weight is 518 g/mol. The van der Waals surface area contributed by atoms with Gasteiger partial charge in [0.2, 0.25) is 0 Å². The number of aryl methyl sites for hydroxylation is 2. The molecule has 1 N–H and O–H groups in total. The van der Waals surface area contributed by atoms with Crippen molar-refractivity contribution in [3.05, 3.63) is 59.1 Å². The summed E-state index contributed by atoms with van der Waals surface area (Å²) in [5, 5.41) is 13.3. The molecule has 0 bridgehead atoms. The van der Waals surface area contributed by atoms with Crippen LogP contribution in [0.5, 0.6) is 0 Å². The molecule has 0 fully saturated rings. The first-order valence-electron chi connectivity index (χ1n) is 12.0. The third-order valence-electron chi connectivity index (χ3n) is 6.41. The number of nitrogens with zero attached hydrogens (tertiary/aromatic N) is 6. The maximum atomic E-state index is 13.1. The number of nitrogens with one attached hydrogen (secondary N) is 1. The van der Waals surface area contributed by atoms with E-state index >= 15 is 0 Å². The Morgan fingerprint density at radius 3 is 2.61 bits per heavy atom. The van der Waals surface area contributed by atoms with E-state index in [4.69, 9.17) is 16.7 Å². The van der Waals surface area contributed by atoms with Gasteiger partial charge in [-0.1, -0.05) is 11.6 Å². The van der Waals surface area contributed by atoms with Crippen molar-refractivity contribution >= 4 is 17.3 Å². The number of hydrogen-bond acceptors (Lipinski definition) is 4. The molecule has 0 aliphatic carbocycles. The second kappa shape index (κ2) is 9.31. The van der Waals surface area contributed by atoms with Gasteiger partial charge in [-0.05, 0) is 63.9 Å². The summed E-state index contributed by atoms with van der Waals surface area (Å²) in [6.07, 6.45) is 0.124. The Hall–Kier alpha value is -3.27. The topological polar surface area (TPSA) is 65.5 Å². The monoisotopic (exact) mass is 517 g/mol. The second-order valence-electron chi connectivity index (χ2n) is 9.21. The van der Waals surface area contributed by atoms with Crippen LogP contribution in [0.3, 0.4) is 0 Å². The van der Waals surface area contributed by atoms with E-state index in [9.17, 15) is 13.2 Å². The van der Waals surface area contributed by atoms with E-state index in [2.05, 4.69) is 21.5 Å². The molecule has 11 heteroatoms. The van der Waals surface area contributed by atoms with Crippen molar-refractivity contribution in [2.75, 3.05) is 5.32 Å². The number of alkyl halides is 3. The van der Waals surface area contributed by atoms with E-state index in [1.54, 1.807) is 25.3 Å². The van der Waals surface area contributed by atoms with Crippen molar-refractivity contribution in [3.63, 3.8) is 0 Å². The van der Waals surface area contributed by atoms with Crippen LogP contribution >= 0.6 is 11.6 Å². The molecule has 4 heterocycles. The molecule has 0 unspecified atom stereocenters. The van der Waals surface area contributed by atoms with Crippen LogP contribution in [-0.2, 0) is 19.3 Å². The van der Waals surface area contributed by atoms with Gasteiger partial charge < -0.3 is 9.88 Å². The van der Waals surface area contributed by atoms with Crippen LogP contribution in [-0.4, -0.2) is 29.1 Å². The molecule has 3 aromatic heterocycles. The Balaban J connectivity index is 1.39. The molecule has 0 radical (unpaired) electrons. The van der Waals surface area contributed by atoms with Gasteiger partial charge in [0, 0.05) is 36.6 Å². The van der Waals surface area contributed by atoms with E-state index < -0.39 is 11.9 Å². The number of fused-ring (bicyclic) bond motifs is 1. The van der Waals surface area contributed by atoms with E-state index in [0.717, 1.165) is 48.4 Å². The maximum absolute atomic E-state index is 13.1. The lowest BCUT2D eigenvalue weighted by Crippen LogP contribution is -2.21. The molecule has 4 aromatic rings. The third kappa shape index (κ3) is 4.50. The van der Waals surface area contributed by atoms with Gasteiger partial charge in [-0.2, -0.15) is 23.4 Å². The molecule has 0 amide bonds. The Bertz CT molecular complexity index is 1370. The highest BCUT2D eigenvalue weighted by Gasteiger charge is 2.35. The van der Waals surface area contributed by atoms with Crippen LogP contribution in [0.4, 0.5) is 18.9 Å².